The number of nitrogens with zero attached hydrogens (tertiary/aromatic N) is 8. The first-order valence-electron chi connectivity index (χ1n) is 11.4. The Hall–Kier alpha value is -4.17. The zero-order chi connectivity index (χ0) is 24.7. The number of aliphatic hydroxyl groups is 1. The molecule has 0 aliphatic carbocycles. The summed E-state index contributed by atoms with van der Waals surface area (Å²) in [5.74, 6) is -0.217. The third-order valence-electron chi connectivity index (χ3n) is 6.49. The van der Waals surface area contributed by atoms with Crippen molar-refractivity contribution in [3.63, 3.8) is 0 Å². The fraction of sp³-hybridized carbons (Fsp3) is 0.375. The lowest BCUT2D eigenvalue weighted by molar-refractivity contribution is -0.140. The number of piperidine rings is 1. The Labute approximate surface area is 201 Å². The molecule has 5 heterocycles. The molecule has 1 saturated heterocycles. The lowest BCUT2D eigenvalue weighted by Gasteiger charge is -2.43. The number of urea groups is 1. The Morgan fingerprint density at radius 3 is 2.54 bits per heavy atom. The first kappa shape index (κ1) is 22.6. The number of aliphatic hydroxyl groups excluding tert-OH is 1. The molecule has 3 amide bonds. The molecule has 2 aliphatic heterocycles. The van der Waals surface area contributed by atoms with Crippen LogP contribution in [0.5, 0.6) is 0 Å². The van der Waals surface area contributed by atoms with Gasteiger partial charge in [-0.1, -0.05) is 0 Å². The van der Waals surface area contributed by atoms with E-state index in [9.17, 15) is 14.7 Å². The molecule has 1 fully saturated rings. The van der Waals surface area contributed by atoms with E-state index in [1.165, 1.54) is 6.92 Å². The van der Waals surface area contributed by atoms with Crippen molar-refractivity contribution in [1.82, 2.24) is 29.7 Å². The van der Waals surface area contributed by atoms with Gasteiger partial charge in [-0.2, -0.15) is 5.26 Å². The van der Waals surface area contributed by atoms with Gasteiger partial charge in [-0.15, -0.1) is 0 Å². The van der Waals surface area contributed by atoms with Gasteiger partial charge in [0.15, 0.2) is 0 Å². The Morgan fingerprint density at radius 2 is 1.89 bits per heavy atom. The normalized spacial score (nSPS) is 17.3. The Balaban J connectivity index is 1.55. The van der Waals surface area contributed by atoms with Crippen LogP contribution < -0.4 is 4.90 Å². The molecule has 1 N–H and O–H groups in total. The summed E-state index contributed by atoms with van der Waals surface area (Å²) in [6, 6.07) is 5.31. The number of amides is 3. The van der Waals surface area contributed by atoms with Gasteiger partial charge in [0.25, 0.3) is 5.91 Å². The number of likely N-dealkylation sites (tertiary alicyclic amines) is 1. The number of hydrogen-bond acceptors (Lipinski definition) is 8. The highest BCUT2D eigenvalue weighted by Gasteiger charge is 2.38. The molecule has 0 unspecified atom stereocenters. The minimum absolute atomic E-state index is 0.0776. The maximum atomic E-state index is 13.4. The zero-order valence-corrected chi connectivity index (χ0v) is 19.4. The van der Waals surface area contributed by atoms with Gasteiger partial charge in [0, 0.05) is 55.9 Å². The molecule has 2 aliphatic rings. The van der Waals surface area contributed by atoms with Crippen LogP contribution in [0.4, 0.5) is 10.5 Å². The summed E-state index contributed by atoms with van der Waals surface area (Å²) in [6.45, 7) is 2.80. The van der Waals surface area contributed by atoms with Crippen molar-refractivity contribution in [2.24, 2.45) is 0 Å². The minimum Gasteiger partial charge on any atom is -0.384 e. The second kappa shape index (κ2) is 8.88. The van der Waals surface area contributed by atoms with Crippen molar-refractivity contribution in [2.45, 2.75) is 38.5 Å². The minimum atomic E-state index is -1.04. The van der Waals surface area contributed by atoms with Crippen molar-refractivity contribution in [1.29, 1.82) is 5.26 Å². The van der Waals surface area contributed by atoms with E-state index in [1.807, 2.05) is 18.2 Å². The van der Waals surface area contributed by atoms with Crippen LogP contribution in [0.1, 0.15) is 31.2 Å². The smallest absolute Gasteiger partial charge is 0.324 e. The maximum Gasteiger partial charge on any atom is 0.324 e. The lowest BCUT2D eigenvalue weighted by Crippen LogP contribution is -2.55. The molecule has 0 spiro atoms. The molecule has 0 saturated carbocycles. The molecule has 3 aromatic heterocycles. The monoisotopic (exact) mass is 472 g/mol. The van der Waals surface area contributed by atoms with Crippen LogP contribution in [0, 0.1) is 11.3 Å². The number of rotatable bonds is 3. The molecular weight excluding hydrogens is 448 g/mol. The second-order valence-corrected chi connectivity index (χ2v) is 8.84. The summed E-state index contributed by atoms with van der Waals surface area (Å²) in [5, 5.41) is 18.6. The quantitative estimate of drug-likeness (QED) is 0.608. The molecule has 178 valence electrons. The third-order valence-corrected chi connectivity index (χ3v) is 6.49. The average molecular weight is 473 g/mol. The van der Waals surface area contributed by atoms with Gasteiger partial charge < -0.3 is 14.9 Å². The van der Waals surface area contributed by atoms with Crippen LogP contribution in [0.25, 0.3) is 22.3 Å². The van der Waals surface area contributed by atoms with Crippen LogP contribution in [-0.4, -0.2) is 79.1 Å². The summed E-state index contributed by atoms with van der Waals surface area (Å²) in [4.78, 5) is 48.2. The number of anilines is 1. The first-order chi connectivity index (χ1) is 16.9. The number of carbonyl (C=O) groups is 2. The highest BCUT2D eigenvalue weighted by Crippen LogP contribution is 2.37. The van der Waals surface area contributed by atoms with E-state index in [0.29, 0.717) is 54.8 Å². The number of aromatic nitrogens is 4. The Morgan fingerprint density at radius 1 is 1.17 bits per heavy atom. The van der Waals surface area contributed by atoms with Gasteiger partial charge in [0.2, 0.25) is 5.82 Å². The number of hydrogen-bond donors (Lipinski definition) is 1. The molecule has 0 aromatic carbocycles. The van der Waals surface area contributed by atoms with E-state index in [-0.39, 0.29) is 23.8 Å². The SMILES string of the molecule is C[C@@H](O)C(=O)N1CCC(N2C(=O)N(C)Cc3cnc4ccc(-c5cnc(C#N)nc5)nc4c32)CC1. The number of fused-ring (bicyclic) bond motifs is 3. The standard InChI is InChI=1S/C24H24N8O3/c1-14(33)23(34)31-7-5-17(6-8-31)32-22-16(13-30(2)24(32)35)12-26-19-4-3-18(29-21(19)22)15-10-27-20(9-25)28-11-15/h3-4,10-12,14,17,33H,5-8,13H2,1-2H3/t14-/m1/s1. The second-order valence-electron chi connectivity index (χ2n) is 8.84. The van der Waals surface area contributed by atoms with Crippen molar-refractivity contribution < 1.29 is 14.7 Å². The van der Waals surface area contributed by atoms with E-state index in [2.05, 4.69) is 15.0 Å². The molecule has 1 atom stereocenters. The molecular formula is C24H24N8O3. The van der Waals surface area contributed by atoms with Gasteiger partial charge in [0.1, 0.15) is 17.7 Å². The molecule has 5 rings (SSSR count). The molecule has 35 heavy (non-hydrogen) atoms. The maximum absolute atomic E-state index is 13.4. The van der Waals surface area contributed by atoms with Crippen molar-refractivity contribution in [3.05, 3.63) is 42.1 Å². The summed E-state index contributed by atoms with van der Waals surface area (Å²) >= 11 is 0. The fourth-order valence-corrected chi connectivity index (χ4v) is 4.70. The molecule has 0 radical (unpaired) electrons. The number of nitriles is 1. The summed E-state index contributed by atoms with van der Waals surface area (Å²) in [5.41, 5.74) is 4.15. The Bertz CT molecular complexity index is 1340. The molecule has 3 aromatic rings. The molecule has 11 heteroatoms. The van der Waals surface area contributed by atoms with Gasteiger partial charge in [-0.3, -0.25) is 14.7 Å². The van der Waals surface area contributed by atoms with Gasteiger partial charge >= 0.3 is 6.03 Å². The molecule has 11 nitrogen and oxygen atoms in total. The van der Waals surface area contributed by atoms with Crippen molar-refractivity contribution >= 4 is 28.7 Å². The van der Waals surface area contributed by atoms with E-state index >= 15 is 0 Å². The van der Waals surface area contributed by atoms with Crippen molar-refractivity contribution in [2.75, 3.05) is 25.0 Å². The van der Waals surface area contributed by atoms with E-state index in [4.69, 9.17) is 10.2 Å². The van der Waals surface area contributed by atoms with Crippen LogP contribution in [0.2, 0.25) is 0 Å². The predicted octanol–water partition coefficient (Wildman–Crippen LogP) is 1.70. The zero-order valence-electron chi connectivity index (χ0n) is 19.4. The van der Waals surface area contributed by atoms with Gasteiger partial charge in [-0.25, -0.2) is 19.7 Å². The van der Waals surface area contributed by atoms with Crippen LogP contribution >= 0.6 is 0 Å². The van der Waals surface area contributed by atoms with Crippen LogP contribution in [0.3, 0.4) is 0 Å². The van der Waals surface area contributed by atoms with Crippen LogP contribution in [0.15, 0.2) is 30.7 Å². The third kappa shape index (κ3) is 4.02. The average Bonchev–Trinajstić information content (AvgIpc) is 2.89. The predicted molar refractivity (Wildman–Crippen MR) is 126 cm³/mol. The summed E-state index contributed by atoms with van der Waals surface area (Å²) in [7, 11) is 1.76. The van der Waals surface area contributed by atoms with Gasteiger partial charge in [-0.05, 0) is 31.9 Å². The van der Waals surface area contributed by atoms with E-state index < -0.39 is 6.10 Å². The number of pyridine rings is 2. The highest BCUT2D eigenvalue weighted by atomic mass is 16.3. The van der Waals surface area contributed by atoms with E-state index in [0.717, 1.165) is 11.3 Å². The summed E-state index contributed by atoms with van der Waals surface area (Å²) in [6.07, 6.45) is 5.02. The van der Waals surface area contributed by atoms with Crippen LogP contribution in [-0.2, 0) is 11.3 Å². The first-order valence-corrected chi connectivity index (χ1v) is 11.4. The van der Waals surface area contributed by atoms with Crippen molar-refractivity contribution in [3.8, 4) is 17.3 Å². The topological polar surface area (TPSA) is 139 Å². The van der Waals surface area contributed by atoms with Gasteiger partial charge in [0.05, 0.1) is 23.4 Å². The highest BCUT2D eigenvalue weighted by molar-refractivity contribution is 6.04. The largest absolute Gasteiger partial charge is 0.384 e. The number of carbonyl (C=O) groups excluding carboxylic acids is 2. The Kier molecular flexibility index (Phi) is 5.74. The summed E-state index contributed by atoms with van der Waals surface area (Å²) < 4.78 is 0. The fourth-order valence-electron chi connectivity index (χ4n) is 4.70. The van der Waals surface area contributed by atoms with E-state index in [1.54, 1.807) is 40.3 Å². The lowest BCUT2D eigenvalue weighted by atomic mass is 9.99. The molecule has 0 bridgehead atoms.